The highest BCUT2D eigenvalue weighted by Crippen LogP contribution is 2.34. The normalized spacial score (nSPS) is 15.1. The van der Waals surface area contributed by atoms with Gasteiger partial charge in [0.05, 0.1) is 0 Å². The number of hydrogen-bond donors (Lipinski definition) is 0. The van der Waals surface area contributed by atoms with Crippen LogP contribution in [0, 0.1) is 10.8 Å². The van der Waals surface area contributed by atoms with E-state index in [4.69, 9.17) is 4.74 Å². The molecule has 0 aliphatic carbocycles. The molecule has 0 fully saturated rings. The highest BCUT2D eigenvalue weighted by molar-refractivity contribution is 5.11. The first kappa shape index (κ1) is 16.3. The van der Waals surface area contributed by atoms with Crippen LogP contribution >= 0.6 is 0 Å². The molecule has 0 bridgehead atoms. The van der Waals surface area contributed by atoms with E-state index in [0.717, 1.165) is 24.4 Å². The molecule has 0 aliphatic rings. The fraction of sp³-hybridized carbons (Fsp3) is 0.750. The second-order valence-electron chi connectivity index (χ2n) is 6.56. The molecule has 0 aromatic rings. The zero-order valence-electron chi connectivity index (χ0n) is 13.0. The largest absolute Gasteiger partial charge is 0.466 e. The number of hydrogen-bond acceptors (Lipinski definition) is 1. The van der Waals surface area contributed by atoms with Gasteiger partial charge in [-0.15, -0.1) is 0 Å². The Morgan fingerprint density at radius 1 is 0.765 bits per heavy atom. The van der Waals surface area contributed by atoms with E-state index in [0.29, 0.717) is 0 Å². The predicted octanol–water partition coefficient (Wildman–Crippen LogP) is 5.68. The molecule has 17 heavy (non-hydrogen) atoms. The summed E-state index contributed by atoms with van der Waals surface area (Å²) in [5, 5.41) is 0. The van der Waals surface area contributed by atoms with Crippen LogP contribution in [0.25, 0.3) is 0 Å². The molecule has 0 radical (unpaired) electrons. The third-order valence-electron chi connectivity index (χ3n) is 2.48. The van der Waals surface area contributed by atoms with Gasteiger partial charge >= 0.3 is 0 Å². The van der Waals surface area contributed by atoms with Crippen molar-refractivity contribution in [3.8, 4) is 0 Å². The van der Waals surface area contributed by atoms with Crippen LogP contribution < -0.4 is 0 Å². The molecule has 0 amide bonds. The standard InChI is InChI=1S/C16H30O/c1-9-11-13(15(3,4)5)17-14(12-10-2)16(6,7)8/h11-12H,9-10H2,1-8H3/b13-11+,14-12+. The van der Waals surface area contributed by atoms with Crippen molar-refractivity contribution < 1.29 is 4.74 Å². The third kappa shape index (κ3) is 5.95. The minimum atomic E-state index is 0.0636. The summed E-state index contributed by atoms with van der Waals surface area (Å²) in [6.45, 7) is 17.5. The molecule has 0 unspecified atom stereocenters. The zero-order chi connectivity index (χ0) is 13.7. The summed E-state index contributed by atoms with van der Waals surface area (Å²) in [5.41, 5.74) is 0.127. The van der Waals surface area contributed by atoms with Crippen molar-refractivity contribution in [3.63, 3.8) is 0 Å². The summed E-state index contributed by atoms with van der Waals surface area (Å²) in [7, 11) is 0. The molecule has 0 N–H and O–H groups in total. The molecule has 0 atom stereocenters. The number of allylic oxidation sites excluding steroid dienone is 4. The Balaban J connectivity index is 5.11. The highest BCUT2D eigenvalue weighted by atomic mass is 16.5. The minimum Gasteiger partial charge on any atom is -0.466 e. The van der Waals surface area contributed by atoms with E-state index < -0.39 is 0 Å². The van der Waals surface area contributed by atoms with Gasteiger partial charge in [0.2, 0.25) is 0 Å². The SMILES string of the molecule is CC/C=C(/O/C(=C/CC)C(C)(C)C)C(C)(C)C. The van der Waals surface area contributed by atoms with Gasteiger partial charge in [0, 0.05) is 10.8 Å². The van der Waals surface area contributed by atoms with Crippen LogP contribution in [0.3, 0.4) is 0 Å². The van der Waals surface area contributed by atoms with Crippen molar-refractivity contribution in [3.05, 3.63) is 23.7 Å². The summed E-state index contributed by atoms with van der Waals surface area (Å²) in [4.78, 5) is 0. The van der Waals surface area contributed by atoms with Gasteiger partial charge in [-0.3, -0.25) is 0 Å². The summed E-state index contributed by atoms with van der Waals surface area (Å²) in [6, 6.07) is 0. The van der Waals surface area contributed by atoms with Gasteiger partial charge in [-0.2, -0.15) is 0 Å². The van der Waals surface area contributed by atoms with E-state index in [1.54, 1.807) is 0 Å². The molecule has 0 rings (SSSR count). The first-order valence-electron chi connectivity index (χ1n) is 6.72. The fourth-order valence-electron chi connectivity index (χ4n) is 1.49. The Morgan fingerprint density at radius 2 is 1.06 bits per heavy atom. The average molecular weight is 238 g/mol. The Bertz CT molecular complexity index is 252. The Morgan fingerprint density at radius 3 is 1.24 bits per heavy atom. The molecular weight excluding hydrogens is 208 g/mol. The van der Waals surface area contributed by atoms with Crippen molar-refractivity contribution in [2.24, 2.45) is 10.8 Å². The molecule has 0 saturated heterocycles. The predicted molar refractivity (Wildman–Crippen MR) is 76.7 cm³/mol. The molecule has 100 valence electrons. The Labute approximate surface area is 108 Å². The smallest absolute Gasteiger partial charge is 0.105 e. The third-order valence-corrected chi connectivity index (χ3v) is 2.48. The Kier molecular flexibility index (Phi) is 6.01. The Hall–Kier alpha value is -0.720. The van der Waals surface area contributed by atoms with E-state index in [2.05, 4.69) is 67.5 Å². The second kappa shape index (κ2) is 6.28. The van der Waals surface area contributed by atoms with Gasteiger partial charge in [0.25, 0.3) is 0 Å². The van der Waals surface area contributed by atoms with Gasteiger partial charge in [0.1, 0.15) is 11.5 Å². The maximum Gasteiger partial charge on any atom is 0.105 e. The summed E-state index contributed by atoms with van der Waals surface area (Å²) >= 11 is 0. The monoisotopic (exact) mass is 238 g/mol. The number of ether oxygens (including phenoxy) is 1. The molecule has 1 nitrogen and oxygen atoms in total. The molecule has 0 aliphatic heterocycles. The lowest BCUT2D eigenvalue weighted by molar-refractivity contribution is 0.162. The summed E-state index contributed by atoms with van der Waals surface area (Å²) in [6.07, 6.45) is 6.40. The lowest BCUT2D eigenvalue weighted by Gasteiger charge is -2.30. The van der Waals surface area contributed by atoms with Crippen LogP contribution in [0.2, 0.25) is 0 Å². The molecular formula is C16H30O. The zero-order valence-corrected chi connectivity index (χ0v) is 13.0. The van der Waals surface area contributed by atoms with Crippen molar-refractivity contribution >= 4 is 0 Å². The molecule has 0 heterocycles. The van der Waals surface area contributed by atoms with E-state index in [-0.39, 0.29) is 10.8 Å². The van der Waals surface area contributed by atoms with Crippen molar-refractivity contribution in [2.45, 2.75) is 68.2 Å². The first-order valence-corrected chi connectivity index (χ1v) is 6.72. The molecule has 1 heteroatoms. The maximum atomic E-state index is 6.18. The maximum absolute atomic E-state index is 6.18. The lowest BCUT2D eigenvalue weighted by Crippen LogP contribution is -2.18. The van der Waals surface area contributed by atoms with Gasteiger partial charge in [-0.05, 0) is 25.0 Å². The molecule has 0 saturated carbocycles. The van der Waals surface area contributed by atoms with Gasteiger partial charge in [-0.1, -0.05) is 55.4 Å². The minimum absolute atomic E-state index is 0.0636. The van der Waals surface area contributed by atoms with E-state index in [1.165, 1.54) is 0 Å². The quantitative estimate of drug-likeness (QED) is 0.572. The molecule has 0 aromatic heterocycles. The van der Waals surface area contributed by atoms with Gasteiger partial charge in [0.15, 0.2) is 0 Å². The van der Waals surface area contributed by atoms with Gasteiger partial charge in [-0.25, -0.2) is 0 Å². The van der Waals surface area contributed by atoms with Crippen molar-refractivity contribution in [1.29, 1.82) is 0 Å². The lowest BCUT2D eigenvalue weighted by atomic mass is 9.90. The first-order chi connectivity index (χ1) is 7.62. The highest BCUT2D eigenvalue weighted by Gasteiger charge is 2.25. The van der Waals surface area contributed by atoms with Crippen molar-refractivity contribution in [2.75, 3.05) is 0 Å². The second-order valence-corrected chi connectivity index (χ2v) is 6.56. The summed E-state index contributed by atoms with van der Waals surface area (Å²) in [5.74, 6) is 2.16. The average Bonchev–Trinajstić information content (AvgIpc) is 2.12. The van der Waals surface area contributed by atoms with Crippen molar-refractivity contribution in [1.82, 2.24) is 0 Å². The van der Waals surface area contributed by atoms with E-state index >= 15 is 0 Å². The van der Waals surface area contributed by atoms with E-state index in [9.17, 15) is 0 Å². The number of rotatable bonds is 4. The molecule has 0 aromatic carbocycles. The molecule has 0 spiro atoms. The topological polar surface area (TPSA) is 9.23 Å². The van der Waals surface area contributed by atoms with E-state index in [1.807, 2.05) is 0 Å². The fourth-order valence-corrected chi connectivity index (χ4v) is 1.49. The van der Waals surface area contributed by atoms with Crippen LogP contribution in [0.5, 0.6) is 0 Å². The van der Waals surface area contributed by atoms with Crippen LogP contribution in [0.4, 0.5) is 0 Å². The van der Waals surface area contributed by atoms with Gasteiger partial charge < -0.3 is 4.74 Å². The summed E-state index contributed by atoms with van der Waals surface area (Å²) < 4.78 is 6.18. The van der Waals surface area contributed by atoms with Crippen LogP contribution in [-0.4, -0.2) is 0 Å². The van der Waals surface area contributed by atoms with Crippen LogP contribution in [0.1, 0.15) is 68.2 Å². The van der Waals surface area contributed by atoms with Crippen LogP contribution in [-0.2, 0) is 4.74 Å². The van der Waals surface area contributed by atoms with Crippen LogP contribution in [0.15, 0.2) is 23.7 Å².